The molecule has 0 bridgehead atoms. The summed E-state index contributed by atoms with van der Waals surface area (Å²) in [4.78, 5) is 30.7. The number of nitrogens with one attached hydrogen (secondary N) is 1. The molecule has 0 aliphatic carbocycles. The number of benzene rings is 2. The van der Waals surface area contributed by atoms with Gasteiger partial charge in [-0.25, -0.2) is 0 Å². The maximum Gasteiger partial charge on any atom is 0.270 e. The number of carbonyl (C=O) groups is 2. The molecule has 8 nitrogen and oxygen atoms in total. The number of carbonyl (C=O) groups excluding carboxylic acids is 2. The van der Waals surface area contributed by atoms with Gasteiger partial charge < -0.3 is 29.2 Å². The molecule has 1 fully saturated rings. The molecule has 1 aliphatic heterocycles. The van der Waals surface area contributed by atoms with Crippen molar-refractivity contribution in [3.05, 3.63) is 65.5 Å². The molecule has 0 saturated carbocycles. The van der Waals surface area contributed by atoms with Crippen molar-refractivity contribution in [1.82, 2.24) is 19.7 Å². The van der Waals surface area contributed by atoms with Crippen LogP contribution in [0.25, 0.3) is 17.0 Å². The van der Waals surface area contributed by atoms with Crippen molar-refractivity contribution in [2.24, 2.45) is 7.05 Å². The molecule has 3 aromatic rings. The molecule has 1 aromatic heterocycles. The van der Waals surface area contributed by atoms with E-state index in [-0.39, 0.29) is 11.6 Å². The smallest absolute Gasteiger partial charge is 0.270 e. The lowest BCUT2D eigenvalue weighted by Gasteiger charge is -2.33. The Balaban J connectivity index is 1.70. The molecule has 0 radical (unpaired) electrons. The van der Waals surface area contributed by atoms with E-state index in [0.717, 1.165) is 29.6 Å². The Morgan fingerprint density at radius 1 is 0.941 bits per heavy atom. The third kappa shape index (κ3) is 4.77. The molecule has 0 spiro atoms. The van der Waals surface area contributed by atoms with Crippen molar-refractivity contribution in [3.63, 3.8) is 0 Å². The maximum absolute atomic E-state index is 13.5. The van der Waals surface area contributed by atoms with Crippen LogP contribution in [0.2, 0.25) is 0 Å². The molecular weight excluding hydrogens is 432 g/mol. The van der Waals surface area contributed by atoms with E-state index in [1.54, 1.807) is 29.2 Å². The number of aromatic nitrogens is 1. The fourth-order valence-electron chi connectivity index (χ4n) is 4.15. The first-order chi connectivity index (χ1) is 16.4. The van der Waals surface area contributed by atoms with Crippen LogP contribution in [0.5, 0.6) is 11.5 Å². The van der Waals surface area contributed by atoms with Crippen LogP contribution in [-0.4, -0.2) is 73.6 Å². The Morgan fingerprint density at radius 3 is 2.35 bits per heavy atom. The number of para-hydroxylation sites is 1. The second kappa shape index (κ2) is 10.0. The second-order valence-corrected chi connectivity index (χ2v) is 8.39. The van der Waals surface area contributed by atoms with E-state index in [9.17, 15) is 9.59 Å². The van der Waals surface area contributed by atoms with Crippen molar-refractivity contribution in [2.75, 3.05) is 47.4 Å². The van der Waals surface area contributed by atoms with Crippen LogP contribution in [-0.2, 0) is 11.8 Å². The highest BCUT2D eigenvalue weighted by Crippen LogP contribution is 2.28. The van der Waals surface area contributed by atoms with Crippen LogP contribution in [0, 0.1) is 0 Å². The molecule has 0 unspecified atom stereocenters. The summed E-state index contributed by atoms with van der Waals surface area (Å²) in [6.45, 7) is 2.79. The van der Waals surface area contributed by atoms with Crippen LogP contribution in [0.1, 0.15) is 15.9 Å². The third-order valence-electron chi connectivity index (χ3n) is 6.14. The molecule has 2 amide bonds. The zero-order valence-corrected chi connectivity index (χ0v) is 20.0. The van der Waals surface area contributed by atoms with Crippen LogP contribution in [0.15, 0.2) is 54.4 Å². The topological polar surface area (TPSA) is 76.0 Å². The predicted octanol–water partition coefficient (Wildman–Crippen LogP) is 2.74. The summed E-state index contributed by atoms with van der Waals surface area (Å²) in [6, 6.07) is 12.9. The van der Waals surface area contributed by atoms with Gasteiger partial charge in [0.1, 0.15) is 5.70 Å². The summed E-state index contributed by atoms with van der Waals surface area (Å²) < 4.78 is 12.6. The average Bonchev–Trinajstić information content (AvgIpc) is 3.18. The number of nitrogens with zero attached hydrogens (tertiary/aromatic N) is 3. The fraction of sp³-hybridized carbons (Fsp3) is 0.308. The molecule has 4 rings (SSSR count). The Bertz CT molecular complexity index is 1240. The Labute approximate surface area is 199 Å². The lowest BCUT2D eigenvalue weighted by Crippen LogP contribution is -2.49. The van der Waals surface area contributed by atoms with Gasteiger partial charge in [-0.1, -0.05) is 18.2 Å². The van der Waals surface area contributed by atoms with Crippen molar-refractivity contribution < 1.29 is 19.1 Å². The highest BCUT2D eigenvalue weighted by atomic mass is 16.5. The van der Waals surface area contributed by atoms with Gasteiger partial charge in [0, 0.05) is 61.5 Å². The summed E-state index contributed by atoms with van der Waals surface area (Å²) in [5.41, 5.74) is 2.52. The molecule has 34 heavy (non-hydrogen) atoms. The normalized spacial score (nSPS) is 14.8. The summed E-state index contributed by atoms with van der Waals surface area (Å²) in [5.74, 6) is 0.379. The van der Waals surface area contributed by atoms with E-state index in [1.165, 1.54) is 14.2 Å². The first-order valence-corrected chi connectivity index (χ1v) is 11.2. The minimum atomic E-state index is -0.394. The number of rotatable bonds is 6. The van der Waals surface area contributed by atoms with Gasteiger partial charge in [0.25, 0.3) is 11.8 Å². The average molecular weight is 463 g/mol. The summed E-state index contributed by atoms with van der Waals surface area (Å²) in [6.07, 6.45) is 3.73. The fourth-order valence-corrected chi connectivity index (χ4v) is 4.15. The van der Waals surface area contributed by atoms with Gasteiger partial charge in [0.05, 0.1) is 14.2 Å². The van der Waals surface area contributed by atoms with E-state index in [0.29, 0.717) is 30.2 Å². The minimum Gasteiger partial charge on any atom is -0.493 e. The van der Waals surface area contributed by atoms with Crippen molar-refractivity contribution in [3.8, 4) is 11.5 Å². The Kier molecular flexibility index (Phi) is 6.88. The molecule has 2 aromatic carbocycles. The van der Waals surface area contributed by atoms with Gasteiger partial charge in [0.15, 0.2) is 11.5 Å². The van der Waals surface area contributed by atoms with Gasteiger partial charge in [-0.15, -0.1) is 0 Å². The van der Waals surface area contributed by atoms with E-state index in [2.05, 4.69) is 10.2 Å². The van der Waals surface area contributed by atoms with Crippen LogP contribution in [0.4, 0.5) is 0 Å². The maximum atomic E-state index is 13.5. The first kappa shape index (κ1) is 23.4. The van der Waals surface area contributed by atoms with Gasteiger partial charge >= 0.3 is 0 Å². The zero-order valence-electron chi connectivity index (χ0n) is 20.0. The van der Waals surface area contributed by atoms with Gasteiger partial charge in [-0.2, -0.15) is 0 Å². The monoisotopic (exact) mass is 462 g/mol. The molecule has 1 saturated heterocycles. The number of fused-ring (bicyclic) bond motifs is 1. The van der Waals surface area contributed by atoms with Crippen LogP contribution < -0.4 is 14.8 Å². The minimum absolute atomic E-state index is 0.199. The summed E-state index contributed by atoms with van der Waals surface area (Å²) in [5, 5.41) is 3.87. The van der Waals surface area contributed by atoms with Crippen LogP contribution >= 0.6 is 0 Å². The second-order valence-electron chi connectivity index (χ2n) is 8.39. The number of hydrogen-bond acceptors (Lipinski definition) is 5. The van der Waals surface area contributed by atoms with E-state index in [4.69, 9.17) is 9.47 Å². The van der Waals surface area contributed by atoms with Crippen molar-refractivity contribution >= 4 is 28.8 Å². The number of aryl methyl sites for hydroxylation is 1. The molecule has 1 aliphatic rings. The number of methoxy groups -OCH3 is 2. The number of ether oxygens (including phenoxy) is 2. The molecule has 0 atom stereocenters. The number of hydrogen-bond donors (Lipinski definition) is 1. The Morgan fingerprint density at radius 2 is 1.65 bits per heavy atom. The molecule has 2 heterocycles. The third-order valence-corrected chi connectivity index (χ3v) is 6.14. The van der Waals surface area contributed by atoms with E-state index in [1.807, 2.05) is 49.1 Å². The lowest BCUT2D eigenvalue weighted by molar-refractivity contribution is -0.128. The standard InChI is InChI=1S/C26H30N4O4/c1-28-11-13-30(14-12-28)26(32)21(15-19-17-29(2)22-8-6-5-7-20(19)22)27-25(31)18-9-10-23(33-3)24(16-18)34-4/h5-10,15-17H,11-14H2,1-4H3,(H,27,31). The lowest BCUT2D eigenvalue weighted by atomic mass is 10.1. The highest BCUT2D eigenvalue weighted by molar-refractivity contribution is 6.06. The van der Waals surface area contributed by atoms with Gasteiger partial charge in [0.2, 0.25) is 0 Å². The molecule has 178 valence electrons. The highest BCUT2D eigenvalue weighted by Gasteiger charge is 2.24. The molecule has 8 heteroatoms. The van der Waals surface area contributed by atoms with Gasteiger partial charge in [-0.05, 0) is 37.4 Å². The largest absolute Gasteiger partial charge is 0.493 e. The zero-order chi connectivity index (χ0) is 24.2. The SMILES string of the molecule is COc1ccc(C(=O)NC(=Cc2cn(C)c3ccccc23)C(=O)N2CCN(C)CC2)cc1OC. The molecular formula is C26H30N4O4. The van der Waals surface area contributed by atoms with E-state index >= 15 is 0 Å². The van der Waals surface area contributed by atoms with Crippen LogP contribution in [0.3, 0.4) is 0 Å². The summed E-state index contributed by atoms with van der Waals surface area (Å²) in [7, 11) is 7.05. The first-order valence-electron chi connectivity index (χ1n) is 11.2. The van der Waals surface area contributed by atoms with Crippen molar-refractivity contribution in [2.45, 2.75) is 0 Å². The number of amides is 2. The quantitative estimate of drug-likeness (QED) is 0.570. The summed E-state index contributed by atoms with van der Waals surface area (Å²) >= 11 is 0. The van der Waals surface area contributed by atoms with Gasteiger partial charge in [-0.3, -0.25) is 9.59 Å². The predicted molar refractivity (Wildman–Crippen MR) is 132 cm³/mol. The Hall–Kier alpha value is -3.78. The van der Waals surface area contributed by atoms with E-state index < -0.39 is 5.91 Å². The number of piperazine rings is 1. The number of likely N-dealkylation sites (N-methyl/N-ethyl adjacent to an activating group) is 1. The molecule has 1 N–H and O–H groups in total. The van der Waals surface area contributed by atoms with Crippen molar-refractivity contribution in [1.29, 1.82) is 0 Å².